The predicted octanol–water partition coefficient (Wildman–Crippen LogP) is 2.52. The molecule has 0 aliphatic carbocycles. The van der Waals surface area contributed by atoms with Gasteiger partial charge in [-0.1, -0.05) is 12.1 Å². The third kappa shape index (κ3) is 3.59. The Morgan fingerprint density at radius 3 is 2.44 bits per heavy atom. The van der Waals surface area contributed by atoms with Crippen LogP contribution in [0.4, 0.5) is 13.2 Å². The molecule has 32 heavy (non-hydrogen) atoms. The molecule has 0 fully saturated rings. The minimum atomic E-state index is -4.56. The highest BCUT2D eigenvalue weighted by Crippen LogP contribution is 2.33. The van der Waals surface area contributed by atoms with E-state index in [1.807, 2.05) is 6.92 Å². The highest BCUT2D eigenvalue weighted by molar-refractivity contribution is 7.91. The monoisotopic (exact) mass is 466 g/mol. The Balaban J connectivity index is 1.93. The Labute approximate surface area is 180 Å². The summed E-state index contributed by atoms with van der Waals surface area (Å²) in [6.07, 6.45) is -3.54. The van der Waals surface area contributed by atoms with Gasteiger partial charge in [-0.05, 0) is 25.1 Å². The molecule has 0 aliphatic heterocycles. The van der Waals surface area contributed by atoms with Crippen molar-refractivity contribution < 1.29 is 21.6 Å². The van der Waals surface area contributed by atoms with Crippen molar-refractivity contribution in [3.63, 3.8) is 0 Å². The van der Waals surface area contributed by atoms with Crippen molar-refractivity contribution >= 4 is 21.0 Å². The van der Waals surface area contributed by atoms with E-state index in [4.69, 9.17) is 0 Å². The maximum Gasteiger partial charge on any atom is 0.416 e. The molecular formula is C18H17F3N8O2S. The summed E-state index contributed by atoms with van der Waals surface area (Å²) < 4.78 is 67.8. The molecule has 0 unspecified atom stereocenters. The first-order valence-corrected chi connectivity index (χ1v) is 11.1. The lowest BCUT2D eigenvalue weighted by molar-refractivity contribution is -0.137. The van der Waals surface area contributed by atoms with Gasteiger partial charge in [-0.25, -0.2) is 18.1 Å². The van der Waals surface area contributed by atoms with Crippen LogP contribution in [0.25, 0.3) is 34.2 Å². The standard InChI is InChI=1S/C18H17F3N8O2S/c1-4-29-12-9-13(32(30,31)5-2)14(23-15(12)24-27-29)17-26-25-16(28(17)3)11-8-10(6-7-22-11)18(19,20)21/h6-9H,4-5H2,1-3H3. The molecule has 0 saturated heterocycles. The van der Waals surface area contributed by atoms with Crippen molar-refractivity contribution in [2.45, 2.75) is 31.5 Å². The van der Waals surface area contributed by atoms with E-state index < -0.39 is 21.6 Å². The van der Waals surface area contributed by atoms with Crippen LogP contribution >= 0.6 is 0 Å². The minimum absolute atomic E-state index is 0.0178. The van der Waals surface area contributed by atoms with Crippen molar-refractivity contribution in [3.05, 3.63) is 30.0 Å². The van der Waals surface area contributed by atoms with Gasteiger partial charge in [0.1, 0.15) is 16.9 Å². The fourth-order valence-corrected chi connectivity index (χ4v) is 4.19. The molecule has 0 aliphatic rings. The third-order valence-corrected chi connectivity index (χ3v) is 6.63. The Kier molecular flexibility index (Phi) is 5.19. The molecule has 0 radical (unpaired) electrons. The summed E-state index contributed by atoms with van der Waals surface area (Å²) in [4.78, 5) is 8.22. The molecule has 4 aromatic heterocycles. The lowest BCUT2D eigenvalue weighted by Crippen LogP contribution is -2.10. The largest absolute Gasteiger partial charge is 0.416 e. The van der Waals surface area contributed by atoms with Crippen LogP contribution in [-0.2, 0) is 29.6 Å². The van der Waals surface area contributed by atoms with Crippen LogP contribution in [0.3, 0.4) is 0 Å². The van der Waals surface area contributed by atoms with E-state index in [0.29, 0.717) is 12.1 Å². The maximum absolute atomic E-state index is 13.1. The molecule has 0 N–H and O–H groups in total. The molecule has 0 bridgehead atoms. The van der Waals surface area contributed by atoms with Gasteiger partial charge in [-0.2, -0.15) is 13.2 Å². The van der Waals surface area contributed by atoms with Crippen LogP contribution in [0.5, 0.6) is 0 Å². The van der Waals surface area contributed by atoms with Crippen molar-refractivity contribution in [3.8, 4) is 23.0 Å². The van der Waals surface area contributed by atoms with Gasteiger partial charge >= 0.3 is 6.18 Å². The maximum atomic E-state index is 13.1. The number of pyridine rings is 2. The summed E-state index contributed by atoms with van der Waals surface area (Å²) in [5.74, 6) is -0.134. The SMILES string of the molecule is CCn1nnc2nc(-c3nnc(-c4cc(C(F)(F)F)ccn4)n3C)c(S(=O)(=O)CC)cc21. The Bertz CT molecular complexity index is 1430. The van der Waals surface area contributed by atoms with Crippen LogP contribution in [0, 0.1) is 0 Å². The van der Waals surface area contributed by atoms with E-state index in [1.165, 1.54) is 29.3 Å². The summed E-state index contributed by atoms with van der Waals surface area (Å²) in [7, 11) is -2.26. The second kappa shape index (κ2) is 7.62. The van der Waals surface area contributed by atoms with Crippen molar-refractivity contribution in [1.82, 2.24) is 39.7 Å². The normalized spacial score (nSPS) is 12.6. The fraction of sp³-hybridized carbons (Fsp3) is 0.333. The Morgan fingerprint density at radius 1 is 1.06 bits per heavy atom. The van der Waals surface area contributed by atoms with E-state index in [2.05, 4.69) is 30.5 Å². The number of hydrogen-bond acceptors (Lipinski definition) is 8. The van der Waals surface area contributed by atoms with E-state index in [-0.39, 0.29) is 39.3 Å². The van der Waals surface area contributed by atoms with Crippen molar-refractivity contribution in [2.24, 2.45) is 7.05 Å². The molecule has 0 amide bonds. The molecule has 0 saturated carbocycles. The van der Waals surface area contributed by atoms with E-state index in [0.717, 1.165) is 18.3 Å². The minimum Gasteiger partial charge on any atom is -0.307 e. The summed E-state index contributed by atoms with van der Waals surface area (Å²) in [5, 5.41) is 15.9. The number of alkyl halides is 3. The number of hydrogen-bond donors (Lipinski definition) is 0. The summed E-state index contributed by atoms with van der Waals surface area (Å²) in [5.41, 5.74) is -0.337. The molecule has 4 heterocycles. The fourth-order valence-electron chi connectivity index (χ4n) is 3.16. The molecular weight excluding hydrogens is 449 g/mol. The Hall–Kier alpha value is -3.42. The van der Waals surface area contributed by atoms with Gasteiger partial charge in [-0.3, -0.25) is 4.98 Å². The second-order valence-corrected chi connectivity index (χ2v) is 9.07. The quantitative estimate of drug-likeness (QED) is 0.440. The number of sulfone groups is 1. The van der Waals surface area contributed by atoms with Gasteiger partial charge in [0.05, 0.1) is 16.2 Å². The van der Waals surface area contributed by atoms with Crippen LogP contribution < -0.4 is 0 Å². The lowest BCUT2D eigenvalue weighted by atomic mass is 10.2. The number of aryl methyl sites for hydroxylation is 1. The smallest absolute Gasteiger partial charge is 0.307 e. The number of fused-ring (bicyclic) bond motifs is 1. The highest BCUT2D eigenvalue weighted by Gasteiger charge is 2.32. The molecule has 0 aromatic carbocycles. The zero-order valence-corrected chi connectivity index (χ0v) is 18.0. The lowest BCUT2D eigenvalue weighted by Gasteiger charge is -2.10. The predicted molar refractivity (Wildman–Crippen MR) is 107 cm³/mol. The van der Waals surface area contributed by atoms with E-state index in [9.17, 15) is 21.6 Å². The third-order valence-electron chi connectivity index (χ3n) is 4.89. The molecule has 0 spiro atoms. The van der Waals surface area contributed by atoms with Crippen LogP contribution in [-0.4, -0.2) is 53.9 Å². The number of nitrogens with zero attached hydrogens (tertiary/aromatic N) is 8. The highest BCUT2D eigenvalue weighted by atomic mass is 32.2. The topological polar surface area (TPSA) is 121 Å². The van der Waals surface area contributed by atoms with Gasteiger partial charge in [-0.15, -0.1) is 15.3 Å². The van der Waals surface area contributed by atoms with Crippen molar-refractivity contribution in [2.75, 3.05) is 5.75 Å². The molecule has 4 aromatic rings. The summed E-state index contributed by atoms with van der Waals surface area (Å²) >= 11 is 0. The number of rotatable bonds is 5. The van der Waals surface area contributed by atoms with Crippen LogP contribution in [0.2, 0.25) is 0 Å². The van der Waals surface area contributed by atoms with Gasteiger partial charge in [0, 0.05) is 19.8 Å². The van der Waals surface area contributed by atoms with E-state index in [1.54, 1.807) is 0 Å². The summed E-state index contributed by atoms with van der Waals surface area (Å²) in [6.45, 7) is 3.78. The molecule has 0 atom stereocenters. The molecule has 4 rings (SSSR count). The number of halogens is 3. The first kappa shape index (κ1) is 21.8. The second-order valence-electron chi connectivity index (χ2n) is 6.82. The molecule has 10 nitrogen and oxygen atoms in total. The van der Waals surface area contributed by atoms with Crippen molar-refractivity contribution in [1.29, 1.82) is 0 Å². The molecule has 168 valence electrons. The first-order chi connectivity index (χ1) is 15.1. The first-order valence-electron chi connectivity index (χ1n) is 9.47. The Morgan fingerprint density at radius 2 is 1.78 bits per heavy atom. The summed E-state index contributed by atoms with van der Waals surface area (Å²) in [6, 6.07) is 3.12. The zero-order chi connectivity index (χ0) is 23.3. The van der Waals surface area contributed by atoms with E-state index >= 15 is 0 Å². The average Bonchev–Trinajstić information content (AvgIpc) is 3.34. The zero-order valence-electron chi connectivity index (χ0n) is 17.2. The number of aromatic nitrogens is 8. The average molecular weight is 466 g/mol. The van der Waals surface area contributed by atoms with Crippen LogP contribution in [0.1, 0.15) is 19.4 Å². The van der Waals surface area contributed by atoms with Gasteiger partial charge in [0.15, 0.2) is 21.5 Å². The molecule has 14 heteroatoms. The van der Waals surface area contributed by atoms with Gasteiger partial charge < -0.3 is 4.57 Å². The van der Waals surface area contributed by atoms with Crippen LogP contribution in [0.15, 0.2) is 29.3 Å². The van der Waals surface area contributed by atoms with Gasteiger partial charge in [0.25, 0.3) is 0 Å². The van der Waals surface area contributed by atoms with Gasteiger partial charge in [0.2, 0.25) is 5.65 Å².